The number of hydrogen-bond acceptors (Lipinski definition) is 4. The van der Waals surface area contributed by atoms with Gasteiger partial charge in [0.2, 0.25) is 0 Å². The number of rotatable bonds is 6. The van der Waals surface area contributed by atoms with E-state index in [0.717, 1.165) is 22.6 Å². The van der Waals surface area contributed by atoms with Gasteiger partial charge < -0.3 is 14.8 Å². The lowest BCUT2D eigenvalue weighted by Crippen LogP contribution is -2.54. The third-order valence-corrected chi connectivity index (χ3v) is 5.80. The molecule has 1 fully saturated rings. The number of halogens is 1. The molecule has 140 valence electrons. The summed E-state index contributed by atoms with van der Waals surface area (Å²) in [6.45, 7) is 9.50. The van der Waals surface area contributed by atoms with Crippen LogP contribution in [0.15, 0.2) is 12.1 Å². The fraction of sp³-hybridized carbons (Fsp3) is 0.632. The second-order valence-electron chi connectivity index (χ2n) is 7.38. The highest BCUT2D eigenvalue weighted by Gasteiger charge is 2.30. The average molecular weight is 460 g/mol. The summed E-state index contributed by atoms with van der Waals surface area (Å²) in [5.74, 6) is 1.84. The number of nitrogens with zero attached hydrogens (tertiary/aromatic N) is 1. The van der Waals surface area contributed by atoms with Crippen LogP contribution in [0.5, 0.6) is 11.5 Å². The zero-order chi connectivity index (χ0) is 18.6. The van der Waals surface area contributed by atoms with Gasteiger partial charge in [0, 0.05) is 22.2 Å². The van der Waals surface area contributed by atoms with Gasteiger partial charge in [-0.25, -0.2) is 0 Å². The molecule has 1 N–H and O–H groups in total. The van der Waals surface area contributed by atoms with E-state index in [1.807, 2.05) is 6.07 Å². The van der Waals surface area contributed by atoms with E-state index in [9.17, 15) is 4.79 Å². The molecule has 1 unspecified atom stereocenters. The number of carbonyl (C=O) groups is 1. The molecule has 6 heteroatoms. The Kier molecular flexibility index (Phi) is 6.96. The lowest BCUT2D eigenvalue weighted by molar-refractivity contribution is 0.0657. The van der Waals surface area contributed by atoms with Crippen LogP contribution in [0.2, 0.25) is 0 Å². The van der Waals surface area contributed by atoms with Crippen molar-refractivity contribution in [2.24, 2.45) is 5.92 Å². The molecule has 1 saturated heterocycles. The molecule has 0 aliphatic carbocycles. The SMILES string of the molecule is COc1cc(I)c(C(=O)NCC(C)(C)N2CCCC(C)C2)cc1OC. The molecule has 1 aliphatic heterocycles. The van der Waals surface area contributed by atoms with Crippen LogP contribution in [0.3, 0.4) is 0 Å². The van der Waals surface area contributed by atoms with E-state index >= 15 is 0 Å². The van der Waals surface area contributed by atoms with E-state index in [0.29, 0.717) is 23.6 Å². The van der Waals surface area contributed by atoms with Gasteiger partial charge in [-0.1, -0.05) is 6.92 Å². The summed E-state index contributed by atoms with van der Waals surface area (Å²) < 4.78 is 11.4. The summed E-state index contributed by atoms with van der Waals surface area (Å²) in [4.78, 5) is 15.2. The minimum atomic E-state index is -0.0801. The smallest absolute Gasteiger partial charge is 0.252 e. The molecule has 2 rings (SSSR count). The van der Waals surface area contributed by atoms with E-state index < -0.39 is 0 Å². The van der Waals surface area contributed by atoms with Gasteiger partial charge in [-0.05, 0) is 73.9 Å². The molecule has 1 heterocycles. The molecular weight excluding hydrogens is 431 g/mol. The van der Waals surface area contributed by atoms with Crippen molar-refractivity contribution in [3.05, 3.63) is 21.3 Å². The van der Waals surface area contributed by atoms with Gasteiger partial charge in [-0.3, -0.25) is 9.69 Å². The average Bonchev–Trinajstić information content (AvgIpc) is 2.59. The van der Waals surface area contributed by atoms with E-state index in [1.54, 1.807) is 20.3 Å². The summed E-state index contributed by atoms with van der Waals surface area (Å²) in [7, 11) is 3.17. The van der Waals surface area contributed by atoms with Crippen LogP contribution in [0, 0.1) is 9.49 Å². The van der Waals surface area contributed by atoms with Crippen LogP contribution < -0.4 is 14.8 Å². The van der Waals surface area contributed by atoms with Gasteiger partial charge in [-0.15, -0.1) is 0 Å². The van der Waals surface area contributed by atoms with Gasteiger partial charge in [0.25, 0.3) is 5.91 Å². The lowest BCUT2D eigenvalue weighted by atomic mass is 9.93. The predicted octanol–water partition coefficient (Wildman–Crippen LogP) is 3.55. The Hall–Kier alpha value is -1.02. The van der Waals surface area contributed by atoms with E-state index in [2.05, 4.69) is 53.6 Å². The van der Waals surface area contributed by atoms with Crippen molar-refractivity contribution in [3.8, 4) is 11.5 Å². The molecule has 0 saturated carbocycles. The highest BCUT2D eigenvalue weighted by Crippen LogP contribution is 2.31. The molecule has 1 amide bonds. The fourth-order valence-corrected chi connectivity index (χ4v) is 3.95. The summed E-state index contributed by atoms with van der Waals surface area (Å²) in [6, 6.07) is 3.57. The van der Waals surface area contributed by atoms with E-state index in [-0.39, 0.29) is 11.4 Å². The quantitative estimate of drug-likeness (QED) is 0.660. The molecule has 0 radical (unpaired) electrons. The Balaban J connectivity index is 2.06. The third kappa shape index (κ3) is 5.00. The van der Waals surface area contributed by atoms with Crippen LogP contribution in [0.25, 0.3) is 0 Å². The van der Waals surface area contributed by atoms with Crippen molar-refractivity contribution in [2.75, 3.05) is 33.9 Å². The maximum atomic E-state index is 12.7. The van der Waals surface area contributed by atoms with Crippen molar-refractivity contribution in [3.63, 3.8) is 0 Å². The first kappa shape index (κ1) is 20.3. The van der Waals surface area contributed by atoms with Gasteiger partial charge in [-0.2, -0.15) is 0 Å². The number of methoxy groups -OCH3 is 2. The summed E-state index contributed by atoms with van der Waals surface area (Å²) in [5.41, 5.74) is 0.549. The Bertz CT molecular complexity index is 619. The van der Waals surface area contributed by atoms with Crippen molar-refractivity contribution in [2.45, 2.75) is 39.2 Å². The summed E-state index contributed by atoms with van der Waals surface area (Å²) in [5, 5.41) is 3.10. The molecule has 0 bridgehead atoms. The number of amides is 1. The first-order valence-electron chi connectivity index (χ1n) is 8.73. The maximum Gasteiger partial charge on any atom is 0.252 e. The first-order chi connectivity index (χ1) is 11.8. The van der Waals surface area contributed by atoms with Crippen LogP contribution in [-0.4, -0.2) is 50.2 Å². The van der Waals surface area contributed by atoms with Crippen molar-refractivity contribution < 1.29 is 14.3 Å². The zero-order valence-corrected chi connectivity index (χ0v) is 18.0. The summed E-state index contributed by atoms with van der Waals surface area (Å²) in [6.07, 6.45) is 2.52. The first-order valence-corrected chi connectivity index (χ1v) is 9.81. The zero-order valence-electron chi connectivity index (χ0n) is 15.8. The van der Waals surface area contributed by atoms with Crippen molar-refractivity contribution in [1.29, 1.82) is 0 Å². The van der Waals surface area contributed by atoms with Crippen LogP contribution in [0.1, 0.15) is 44.0 Å². The molecular formula is C19H29IN2O3. The number of likely N-dealkylation sites (tertiary alicyclic amines) is 1. The minimum Gasteiger partial charge on any atom is -0.493 e. The highest BCUT2D eigenvalue weighted by molar-refractivity contribution is 14.1. The number of ether oxygens (including phenoxy) is 2. The standard InChI is InChI=1S/C19H29IN2O3/c1-13-7-6-8-22(11-13)19(2,3)12-21-18(23)14-9-16(24-4)17(25-5)10-15(14)20/h9-10,13H,6-8,11-12H2,1-5H3,(H,21,23). The van der Waals surface area contributed by atoms with Crippen LogP contribution in [0.4, 0.5) is 0 Å². The number of benzene rings is 1. The number of nitrogens with one attached hydrogen (secondary N) is 1. The van der Waals surface area contributed by atoms with Crippen LogP contribution >= 0.6 is 22.6 Å². The normalized spacial score (nSPS) is 18.7. The summed E-state index contributed by atoms with van der Waals surface area (Å²) >= 11 is 2.16. The third-order valence-electron chi connectivity index (χ3n) is 4.91. The second-order valence-corrected chi connectivity index (χ2v) is 8.54. The monoisotopic (exact) mass is 460 g/mol. The second kappa shape index (κ2) is 8.58. The lowest BCUT2D eigenvalue weighted by Gasteiger charge is -2.43. The molecule has 25 heavy (non-hydrogen) atoms. The van der Waals surface area contributed by atoms with Crippen molar-refractivity contribution >= 4 is 28.5 Å². The molecule has 1 aliphatic rings. The number of piperidine rings is 1. The minimum absolute atomic E-state index is 0.0632. The topological polar surface area (TPSA) is 50.8 Å². The Morgan fingerprint density at radius 1 is 1.32 bits per heavy atom. The van der Waals surface area contributed by atoms with Crippen molar-refractivity contribution in [1.82, 2.24) is 10.2 Å². The number of carbonyl (C=O) groups excluding carboxylic acids is 1. The number of hydrogen-bond donors (Lipinski definition) is 1. The highest BCUT2D eigenvalue weighted by atomic mass is 127. The molecule has 1 aromatic carbocycles. The molecule has 1 aromatic rings. The fourth-order valence-electron chi connectivity index (χ4n) is 3.27. The van der Waals surface area contributed by atoms with Gasteiger partial charge in [0.15, 0.2) is 11.5 Å². The van der Waals surface area contributed by atoms with Gasteiger partial charge >= 0.3 is 0 Å². The Labute approximate surface area is 164 Å². The molecule has 0 aromatic heterocycles. The predicted molar refractivity (Wildman–Crippen MR) is 109 cm³/mol. The molecule has 0 spiro atoms. The van der Waals surface area contributed by atoms with Gasteiger partial charge in [0.1, 0.15) is 0 Å². The largest absolute Gasteiger partial charge is 0.493 e. The van der Waals surface area contributed by atoms with Gasteiger partial charge in [0.05, 0.1) is 19.8 Å². The van der Waals surface area contributed by atoms with E-state index in [1.165, 1.54) is 12.8 Å². The maximum absolute atomic E-state index is 12.7. The molecule has 5 nitrogen and oxygen atoms in total. The molecule has 1 atom stereocenters. The Morgan fingerprint density at radius 3 is 2.56 bits per heavy atom. The Morgan fingerprint density at radius 2 is 1.96 bits per heavy atom. The van der Waals surface area contributed by atoms with E-state index in [4.69, 9.17) is 9.47 Å². The van der Waals surface area contributed by atoms with Crippen LogP contribution in [-0.2, 0) is 0 Å².